The van der Waals surface area contributed by atoms with Crippen molar-refractivity contribution in [2.75, 3.05) is 0 Å². The Bertz CT molecular complexity index is 806. The highest BCUT2D eigenvalue weighted by molar-refractivity contribution is 6.38. The minimum Gasteiger partial charge on any atom is -0.276 e. The summed E-state index contributed by atoms with van der Waals surface area (Å²) in [6, 6.07) is 7.02. The van der Waals surface area contributed by atoms with E-state index in [4.69, 9.17) is 46.4 Å². The van der Waals surface area contributed by atoms with Gasteiger partial charge in [-0.05, 0) is 25.1 Å². The Balaban J connectivity index is 2.42. The first-order valence-corrected chi connectivity index (χ1v) is 7.68. The summed E-state index contributed by atoms with van der Waals surface area (Å²) in [5.41, 5.74) is 1.86. The topological polar surface area (TPSA) is 30.7 Å². The van der Waals surface area contributed by atoms with Crippen LogP contribution in [0.15, 0.2) is 30.5 Å². The van der Waals surface area contributed by atoms with E-state index in [0.717, 1.165) is 0 Å². The molecule has 0 fully saturated rings. The number of alkyl halides is 1. The molecule has 1 aromatic carbocycles. The lowest BCUT2D eigenvalue weighted by Crippen LogP contribution is -2.04. The van der Waals surface area contributed by atoms with Gasteiger partial charge in [-0.3, -0.25) is 4.57 Å². The predicted molar refractivity (Wildman–Crippen MR) is 88.2 cm³/mol. The van der Waals surface area contributed by atoms with Crippen molar-refractivity contribution in [1.29, 1.82) is 0 Å². The SMILES string of the molecule is CC(Cl)c1nc2cc(Cl)cnc2n1-c1c(Cl)cccc1Cl. The summed E-state index contributed by atoms with van der Waals surface area (Å²) >= 11 is 24.8. The van der Waals surface area contributed by atoms with Crippen molar-refractivity contribution in [2.24, 2.45) is 0 Å². The predicted octanol–water partition coefficient (Wildman–Crippen LogP) is 5.68. The van der Waals surface area contributed by atoms with Crippen molar-refractivity contribution in [2.45, 2.75) is 12.3 Å². The van der Waals surface area contributed by atoms with Gasteiger partial charge in [0.15, 0.2) is 5.65 Å². The first-order valence-electron chi connectivity index (χ1n) is 6.11. The van der Waals surface area contributed by atoms with E-state index in [1.165, 1.54) is 0 Å². The van der Waals surface area contributed by atoms with Gasteiger partial charge >= 0.3 is 0 Å². The molecule has 0 amide bonds. The van der Waals surface area contributed by atoms with Gasteiger partial charge < -0.3 is 0 Å². The summed E-state index contributed by atoms with van der Waals surface area (Å²) in [5, 5.41) is 1.16. The lowest BCUT2D eigenvalue weighted by atomic mass is 10.3. The van der Waals surface area contributed by atoms with Gasteiger partial charge in [0, 0.05) is 6.20 Å². The second-order valence-electron chi connectivity index (χ2n) is 4.49. The third kappa shape index (κ3) is 2.59. The van der Waals surface area contributed by atoms with Crippen LogP contribution in [0.2, 0.25) is 15.1 Å². The van der Waals surface area contributed by atoms with Gasteiger partial charge in [0.25, 0.3) is 0 Å². The van der Waals surface area contributed by atoms with E-state index in [1.807, 2.05) is 6.92 Å². The Morgan fingerprint density at radius 1 is 1.14 bits per heavy atom. The quantitative estimate of drug-likeness (QED) is 0.550. The molecule has 2 aromatic heterocycles. The smallest absolute Gasteiger partial charge is 0.164 e. The van der Waals surface area contributed by atoms with E-state index < -0.39 is 0 Å². The van der Waals surface area contributed by atoms with Crippen molar-refractivity contribution in [3.63, 3.8) is 0 Å². The molecule has 1 atom stereocenters. The number of imidazole rings is 1. The molecule has 0 bridgehead atoms. The second-order valence-corrected chi connectivity index (χ2v) is 6.39. The summed E-state index contributed by atoms with van der Waals surface area (Å²) in [7, 11) is 0. The summed E-state index contributed by atoms with van der Waals surface area (Å²) in [5.74, 6) is 0.608. The molecule has 21 heavy (non-hydrogen) atoms. The van der Waals surface area contributed by atoms with Gasteiger partial charge in [-0.25, -0.2) is 9.97 Å². The molecule has 0 aliphatic rings. The molecule has 7 heteroatoms. The summed E-state index contributed by atoms with van der Waals surface area (Å²) in [4.78, 5) is 8.83. The number of fused-ring (bicyclic) bond motifs is 1. The van der Waals surface area contributed by atoms with E-state index in [-0.39, 0.29) is 5.38 Å². The average Bonchev–Trinajstić information content (AvgIpc) is 2.77. The summed E-state index contributed by atoms with van der Waals surface area (Å²) in [6.07, 6.45) is 1.55. The third-order valence-electron chi connectivity index (χ3n) is 3.01. The zero-order valence-corrected chi connectivity index (χ0v) is 13.8. The maximum atomic E-state index is 6.30. The van der Waals surface area contributed by atoms with Crippen LogP contribution in [-0.4, -0.2) is 14.5 Å². The molecule has 0 aliphatic heterocycles. The van der Waals surface area contributed by atoms with Crippen molar-refractivity contribution >= 4 is 57.6 Å². The van der Waals surface area contributed by atoms with Crippen LogP contribution in [0.5, 0.6) is 0 Å². The highest BCUT2D eigenvalue weighted by Crippen LogP contribution is 2.35. The van der Waals surface area contributed by atoms with Gasteiger partial charge in [0.05, 0.1) is 26.1 Å². The van der Waals surface area contributed by atoms with Crippen LogP contribution >= 0.6 is 46.4 Å². The number of rotatable bonds is 2. The molecule has 2 heterocycles. The first kappa shape index (κ1) is 14.9. The fourth-order valence-electron chi connectivity index (χ4n) is 2.15. The molecular weight excluding hydrogens is 352 g/mol. The van der Waals surface area contributed by atoms with Gasteiger partial charge in [0.1, 0.15) is 11.3 Å². The van der Waals surface area contributed by atoms with Crippen LogP contribution in [0.1, 0.15) is 18.1 Å². The van der Waals surface area contributed by atoms with Crippen molar-refractivity contribution < 1.29 is 0 Å². The molecule has 1 unspecified atom stereocenters. The number of halogens is 4. The fourth-order valence-corrected chi connectivity index (χ4v) is 3.01. The zero-order valence-electron chi connectivity index (χ0n) is 10.8. The van der Waals surface area contributed by atoms with Crippen molar-refractivity contribution in [1.82, 2.24) is 14.5 Å². The molecular formula is C14H9Cl4N3. The number of benzene rings is 1. The third-order valence-corrected chi connectivity index (χ3v) is 4.02. The fraction of sp³-hybridized carbons (Fsp3) is 0.143. The lowest BCUT2D eigenvalue weighted by molar-refractivity contribution is 0.877. The van der Waals surface area contributed by atoms with E-state index in [2.05, 4.69) is 9.97 Å². The first-order chi connectivity index (χ1) is 9.99. The Kier molecular flexibility index (Phi) is 4.02. The van der Waals surface area contributed by atoms with Gasteiger partial charge in [-0.1, -0.05) is 40.9 Å². The Morgan fingerprint density at radius 2 is 1.81 bits per heavy atom. The van der Waals surface area contributed by atoms with Crippen LogP contribution in [0.4, 0.5) is 0 Å². The number of aromatic nitrogens is 3. The molecule has 3 nitrogen and oxygen atoms in total. The minimum absolute atomic E-state index is 0.342. The van der Waals surface area contributed by atoms with Crippen LogP contribution < -0.4 is 0 Å². The average molecular weight is 361 g/mol. The number of hydrogen-bond donors (Lipinski definition) is 0. The highest BCUT2D eigenvalue weighted by Gasteiger charge is 2.21. The monoisotopic (exact) mass is 359 g/mol. The van der Waals surface area contributed by atoms with Crippen LogP contribution in [0.3, 0.4) is 0 Å². The zero-order chi connectivity index (χ0) is 15.1. The number of hydrogen-bond acceptors (Lipinski definition) is 2. The van der Waals surface area contributed by atoms with Gasteiger partial charge in [-0.15, -0.1) is 11.6 Å². The normalized spacial score (nSPS) is 12.8. The molecule has 0 radical (unpaired) electrons. The number of para-hydroxylation sites is 1. The molecule has 108 valence electrons. The molecule has 0 aliphatic carbocycles. The van der Waals surface area contributed by atoms with Crippen LogP contribution in [-0.2, 0) is 0 Å². The largest absolute Gasteiger partial charge is 0.276 e. The summed E-state index contributed by atoms with van der Waals surface area (Å²) < 4.78 is 1.77. The van der Waals surface area contributed by atoms with Crippen LogP contribution in [0.25, 0.3) is 16.9 Å². The second kappa shape index (κ2) is 5.65. The highest BCUT2D eigenvalue weighted by atomic mass is 35.5. The van der Waals surface area contributed by atoms with Gasteiger partial charge in [0.2, 0.25) is 0 Å². The molecule has 0 spiro atoms. The Labute approximate surface area is 141 Å². The minimum atomic E-state index is -0.342. The van der Waals surface area contributed by atoms with Crippen molar-refractivity contribution in [3.8, 4) is 5.69 Å². The number of nitrogens with zero attached hydrogens (tertiary/aromatic N) is 3. The molecule has 0 N–H and O–H groups in total. The Morgan fingerprint density at radius 3 is 2.43 bits per heavy atom. The lowest BCUT2D eigenvalue weighted by Gasteiger charge is -2.13. The molecule has 3 rings (SSSR count). The molecule has 3 aromatic rings. The maximum absolute atomic E-state index is 6.30. The maximum Gasteiger partial charge on any atom is 0.164 e. The van der Waals surface area contributed by atoms with Crippen LogP contribution in [0, 0.1) is 0 Å². The Hall–Kier alpha value is -1.00. The molecule has 0 saturated heterocycles. The van der Waals surface area contributed by atoms with Crippen molar-refractivity contribution in [3.05, 3.63) is 51.4 Å². The van der Waals surface area contributed by atoms with Gasteiger partial charge in [-0.2, -0.15) is 0 Å². The molecule has 0 saturated carbocycles. The van der Waals surface area contributed by atoms with E-state index in [9.17, 15) is 0 Å². The van der Waals surface area contributed by atoms with E-state index >= 15 is 0 Å². The summed E-state index contributed by atoms with van der Waals surface area (Å²) in [6.45, 7) is 1.83. The van der Waals surface area contributed by atoms with E-state index in [0.29, 0.717) is 37.7 Å². The standard InChI is InChI=1S/C14H9Cl4N3/c1-7(15)13-20-11-5-8(16)6-19-14(11)21(13)12-9(17)3-2-4-10(12)18/h2-7H,1H3. The number of pyridine rings is 1. The van der Waals surface area contributed by atoms with E-state index in [1.54, 1.807) is 35.0 Å².